The molecule has 0 aromatic heterocycles. The Kier molecular flexibility index (Phi) is 8.25. The van der Waals surface area contributed by atoms with E-state index >= 15 is 0 Å². The van der Waals surface area contributed by atoms with Crippen molar-refractivity contribution in [2.24, 2.45) is 0 Å². The number of carbonyl (C=O) groups excluding carboxylic acids is 1. The van der Waals surface area contributed by atoms with Crippen LogP contribution in [0.25, 0.3) is 0 Å². The van der Waals surface area contributed by atoms with Crippen LogP contribution in [-0.4, -0.2) is 5.78 Å². The summed E-state index contributed by atoms with van der Waals surface area (Å²) < 4.78 is 0.952. The molecule has 0 saturated carbocycles. The van der Waals surface area contributed by atoms with Gasteiger partial charge in [0.15, 0.2) is 0 Å². The predicted molar refractivity (Wildman–Crippen MR) is 89.4 cm³/mol. The monoisotopic (exact) mass is 392 g/mol. The Morgan fingerprint density at radius 1 is 0.955 bits per heavy atom. The van der Waals surface area contributed by atoms with Gasteiger partial charge >= 0.3 is 17.1 Å². The molecule has 3 heteroatoms. The average molecular weight is 393 g/mol. The van der Waals surface area contributed by atoms with Crippen LogP contribution in [0, 0.1) is 11.8 Å². The maximum absolute atomic E-state index is 11.7. The summed E-state index contributed by atoms with van der Waals surface area (Å²) in [7, 11) is 0. The fourth-order valence-electron chi connectivity index (χ4n) is 1.58. The number of hydrogen-bond acceptors (Lipinski definition) is 1. The number of ketones is 1. The van der Waals surface area contributed by atoms with E-state index < -0.39 is 0 Å². The molecule has 0 N–H and O–H groups in total. The van der Waals surface area contributed by atoms with Crippen LogP contribution in [0.2, 0.25) is 0 Å². The zero-order valence-corrected chi connectivity index (χ0v) is 14.3. The van der Waals surface area contributed by atoms with Gasteiger partial charge in [0.25, 0.3) is 0 Å². The van der Waals surface area contributed by atoms with Gasteiger partial charge in [-0.25, -0.2) is 12.1 Å². The largest absolute Gasteiger partial charge is 2.00 e. The summed E-state index contributed by atoms with van der Waals surface area (Å²) in [5, 5.41) is 0. The Balaban J connectivity index is 0.000000344. The third kappa shape index (κ3) is 6.28. The Bertz CT molecular complexity index is 697. The number of carbonyl (C=O) groups is 1. The molecule has 0 atom stereocenters. The molecule has 3 aromatic rings. The second-order valence-electron chi connectivity index (χ2n) is 4.22. The molecular formula is C19H13BrFeO. The molecule has 3 rings (SSSR count). The van der Waals surface area contributed by atoms with E-state index in [9.17, 15) is 4.79 Å². The SMILES string of the molecule is O=C(C#Cc1ccc[cH-]1)c1ccc(Br)cc1.[Fe+2].c1cc[cH-]c1. The van der Waals surface area contributed by atoms with Crippen molar-refractivity contribution in [3.63, 3.8) is 0 Å². The molecule has 0 spiro atoms. The molecule has 3 aromatic carbocycles. The first-order valence-corrected chi connectivity index (χ1v) is 7.25. The molecule has 110 valence electrons. The van der Waals surface area contributed by atoms with Gasteiger partial charge in [-0.3, -0.25) is 4.79 Å². The van der Waals surface area contributed by atoms with Crippen molar-refractivity contribution in [3.8, 4) is 11.8 Å². The third-order valence-corrected chi connectivity index (χ3v) is 3.17. The molecule has 0 heterocycles. The topological polar surface area (TPSA) is 17.1 Å². The van der Waals surface area contributed by atoms with Gasteiger partial charge in [0.2, 0.25) is 5.78 Å². The van der Waals surface area contributed by atoms with Crippen molar-refractivity contribution in [2.75, 3.05) is 0 Å². The summed E-state index contributed by atoms with van der Waals surface area (Å²) in [4.78, 5) is 11.7. The molecule has 0 unspecified atom stereocenters. The molecule has 0 radical (unpaired) electrons. The van der Waals surface area contributed by atoms with E-state index in [1.807, 2.05) is 66.7 Å². The van der Waals surface area contributed by atoms with Crippen LogP contribution in [0.5, 0.6) is 0 Å². The third-order valence-electron chi connectivity index (χ3n) is 2.65. The number of hydrogen-bond donors (Lipinski definition) is 0. The van der Waals surface area contributed by atoms with E-state index in [-0.39, 0.29) is 22.9 Å². The molecule has 22 heavy (non-hydrogen) atoms. The molecule has 0 bridgehead atoms. The maximum atomic E-state index is 11.7. The minimum Gasteiger partial charge on any atom is -0.280 e. The molecule has 0 amide bonds. The standard InChI is InChI=1S/C14H8BrO.C5H5.Fe/c15-13-8-6-12(7-9-13)14(16)10-5-11-3-1-2-4-11;1-2-4-5-3-1;/h1-4,6-9H;1-5H;/q2*-1;+2. The Morgan fingerprint density at radius 3 is 2.14 bits per heavy atom. The number of halogens is 1. The predicted octanol–water partition coefficient (Wildman–Crippen LogP) is 4.81. The van der Waals surface area contributed by atoms with Gasteiger partial charge in [0.1, 0.15) is 0 Å². The molecule has 0 aliphatic heterocycles. The maximum Gasteiger partial charge on any atom is 2.00 e. The van der Waals surface area contributed by atoms with Crippen LogP contribution >= 0.6 is 15.9 Å². The van der Waals surface area contributed by atoms with E-state index in [2.05, 4.69) is 27.8 Å². The smallest absolute Gasteiger partial charge is 0.280 e. The molecule has 0 saturated heterocycles. The van der Waals surface area contributed by atoms with Crippen LogP contribution in [0.15, 0.2) is 83.3 Å². The van der Waals surface area contributed by atoms with Gasteiger partial charge in [-0.1, -0.05) is 21.9 Å². The normalized spacial score (nSPS) is 8.59. The van der Waals surface area contributed by atoms with Crippen LogP contribution in [0.4, 0.5) is 0 Å². The number of benzene rings is 1. The number of rotatable bonds is 1. The van der Waals surface area contributed by atoms with Crippen LogP contribution in [0.1, 0.15) is 15.9 Å². The van der Waals surface area contributed by atoms with Crippen molar-refractivity contribution in [2.45, 2.75) is 0 Å². The van der Waals surface area contributed by atoms with Crippen molar-refractivity contribution >= 4 is 21.7 Å². The first-order chi connectivity index (χ1) is 10.3. The first kappa shape index (κ1) is 18.2. The Labute approximate surface area is 149 Å². The van der Waals surface area contributed by atoms with Gasteiger partial charge in [0, 0.05) is 10.0 Å². The fraction of sp³-hybridized carbons (Fsp3) is 0. The van der Waals surface area contributed by atoms with Crippen molar-refractivity contribution < 1.29 is 21.9 Å². The molecule has 1 nitrogen and oxygen atoms in total. The van der Waals surface area contributed by atoms with E-state index in [0.29, 0.717) is 5.56 Å². The summed E-state index contributed by atoms with van der Waals surface area (Å²) in [6.07, 6.45) is 0. The Hall–Kier alpha value is -1.85. The first-order valence-electron chi connectivity index (χ1n) is 6.46. The second kappa shape index (κ2) is 9.97. The van der Waals surface area contributed by atoms with Gasteiger partial charge in [-0.15, -0.1) is 11.6 Å². The quantitative estimate of drug-likeness (QED) is 0.251. The van der Waals surface area contributed by atoms with Gasteiger partial charge in [-0.2, -0.15) is 42.3 Å². The summed E-state index contributed by atoms with van der Waals surface area (Å²) in [6, 6.07) is 24.7. The zero-order chi connectivity index (χ0) is 14.9. The van der Waals surface area contributed by atoms with E-state index in [1.165, 1.54) is 0 Å². The van der Waals surface area contributed by atoms with Gasteiger partial charge < -0.3 is 0 Å². The van der Waals surface area contributed by atoms with Crippen LogP contribution in [-0.2, 0) is 17.1 Å². The van der Waals surface area contributed by atoms with E-state index in [1.54, 1.807) is 12.1 Å². The fourth-order valence-corrected chi connectivity index (χ4v) is 1.84. The van der Waals surface area contributed by atoms with Gasteiger partial charge in [-0.05, 0) is 24.3 Å². The summed E-state index contributed by atoms with van der Waals surface area (Å²) >= 11 is 3.32. The number of Topliss-reactive ketones (excluding diaryl/α,β-unsaturated/α-hetero) is 1. The molecule has 0 fully saturated rings. The minimum absolute atomic E-state index is 0. The second-order valence-corrected chi connectivity index (χ2v) is 5.14. The van der Waals surface area contributed by atoms with Gasteiger partial charge in [0.05, 0.1) is 0 Å². The van der Waals surface area contributed by atoms with E-state index in [4.69, 9.17) is 0 Å². The van der Waals surface area contributed by atoms with E-state index in [0.717, 1.165) is 10.0 Å². The molecule has 0 aliphatic carbocycles. The zero-order valence-electron chi connectivity index (χ0n) is 11.6. The molecular weight excluding hydrogens is 380 g/mol. The Morgan fingerprint density at radius 2 is 1.64 bits per heavy atom. The van der Waals surface area contributed by atoms with Crippen LogP contribution < -0.4 is 0 Å². The van der Waals surface area contributed by atoms with Crippen molar-refractivity contribution in [1.29, 1.82) is 0 Å². The van der Waals surface area contributed by atoms with Crippen molar-refractivity contribution in [3.05, 3.63) is 94.5 Å². The summed E-state index contributed by atoms with van der Waals surface area (Å²) in [5.41, 5.74) is 1.48. The summed E-state index contributed by atoms with van der Waals surface area (Å²) in [6.45, 7) is 0. The van der Waals surface area contributed by atoms with Crippen molar-refractivity contribution in [1.82, 2.24) is 0 Å². The minimum atomic E-state index is -0.159. The van der Waals surface area contributed by atoms with Crippen LogP contribution in [0.3, 0.4) is 0 Å². The summed E-state index contributed by atoms with van der Waals surface area (Å²) in [5.74, 6) is 5.28. The average Bonchev–Trinajstić information content (AvgIpc) is 3.21. The molecule has 0 aliphatic rings.